The minimum atomic E-state index is -4.43. The number of rotatable bonds is 9. The van der Waals surface area contributed by atoms with Crippen LogP contribution in [0, 0.1) is 0 Å². The van der Waals surface area contributed by atoms with Crippen LogP contribution in [0.2, 0.25) is 0 Å². The van der Waals surface area contributed by atoms with E-state index in [9.17, 15) is 22.8 Å². The van der Waals surface area contributed by atoms with Gasteiger partial charge in [-0.2, -0.15) is 18.2 Å². The zero-order chi connectivity index (χ0) is 28.4. The number of nitrogens with one attached hydrogen (secondary N) is 1. The van der Waals surface area contributed by atoms with Gasteiger partial charge in [0.25, 0.3) is 11.4 Å². The van der Waals surface area contributed by atoms with E-state index in [2.05, 4.69) is 20.1 Å². The molecule has 0 saturated carbocycles. The Balaban J connectivity index is 1.31. The molecule has 0 saturated heterocycles. The van der Waals surface area contributed by atoms with E-state index in [-0.39, 0.29) is 29.5 Å². The molecule has 1 N–H and O–H groups in total. The summed E-state index contributed by atoms with van der Waals surface area (Å²) in [6.45, 7) is 4.58. The van der Waals surface area contributed by atoms with Gasteiger partial charge in [-0.05, 0) is 61.4 Å². The smallest absolute Gasteiger partial charge is 0.416 e. The van der Waals surface area contributed by atoms with E-state index < -0.39 is 17.3 Å². The fourth-order valence-electron chi connectivity index (χ4n) is 4.24. The molecule has 0 radical (unpaired) electrons. The molecule has 10 nitrogen and oxygen atoms in total. The Labute approximate surface area is 225 Å². The van der Waals surface area contributed by atoms with Crippen molar-refractivity contribution in [1.82, 2.24) is 29.2 Å². The van der Waals surface area contributed by atoms with E-state index in [4.69, 9.17) is 9.26 Å². The number of H-pyrrole nitrogens is 1. The Morgan fingerprint density at radius 1 is 0.900 bits per heavy atom. The van der Waals surface area contributed by atoms with Gasteiger partial charge in [0, 0.05) is 24.2 Å². The number of aryl methyl sites for hydroxylation is 1. The first-order valence-electron chi connectivity index (χ1n) is 12.7. The molecule has 0 amide bonds. The third kappa shape index (κ3) is 5.26. The summed E-state index contributed by atoms with van der Waals surface area (Å²) in [6, 6.07) is 11.3. The predicted octanol–water partition coefficient (Wildman–Crippen LogP) is 5.02. The number of halogens is 3. The van der Waals surface area contributed by atoms with Crippen molar-refractivity contribution >= 4 is 11.2 Å². The summed E-state index contributed by atoms with van der Waals surface area (Å²) in [5.41, 5.74) is 0.0969. The number of aromatic amines is 1. The van der Waals surface area contributed by atoms with Gasteiger partial charge in [0.1, 0.15) is 17.1 Å². The summed E-state index contributed by atoms with van der Waals surface area (Å²) in [7, 11) is 0. The van der Waals surface area contributed by atoms with Crippen LogP contribution >= 0.6 is 0 Å². The average molecular weight is 555 g/mol. The zero-order valence-corrected chi connectivity index (χ0v) is 21.7. The standard InChI is InChI=1S/C27H25F3N6O4/c1-3-13-35-23-21(25(37)36(14-4-2)26(35)38)32-22(33-23)16-7-11-19(12-8-16)39-15-20-31-24(40-34-20)17-5-9-18(10-6-17)27(28,29)30/h5-12H,3-4,13-15H2,1-2H3,(H,32,33). The molecule has 0 aliphatic rings. The highest BCUT2D eigenvalue weighted by atomic mass is 19.4. The molecule has 0 atom stereocenters. The Morgan fingerprint density at radius 3 is 2.20 bits per heavy atom. The molecule has 0 aliphatic heterocycles. The van der Waals surface area contributed by atoms with Crippen molar-refractivity contribution in [2.45, 2.75) is 52.6 Å². The maximum Gasteiger partial charge on any atom is 0.416 e. The van der Waals surface area contributed by atoms with Crippen LogP contribution in [0.1, 0.15) is 38.1 Å². The minimum Gasteiger partial charge on any atom is -0.485 e. The van der Waals surface area contributed by atoms with E-state index >= 15 is 0 Å². The lowest BCUT2D eigenvalue weighted by atomic mass is 10.1. The van der Waals surface area contributed by atoms with Crippen molar-refractivity contribution in [2.75, 3.05) is 0 Å². The normalized spacial score (nSPS) is 11.8. The van der Waals surface area contributed by atoms with Crippen molar-refractivity contribution < 1.29 is 22.4 Å². The maximum absolute atomic E-state index is 13.0. The molecule has 0 fully saturated rings. The number of alkyl halides is 3. The molecule has 0 unspecified atom stereocenters. The molecule has 5 aromatic rings. The number of aromatic nitrogens is 6. The molecule has 13 heteroatoms. The lowest BCUT2D eigenvalue weighted by molar-refractivity contribution is -0.137. The summed E-state index contributed by atoms with van der Waals surface area (Å²) in [6.07, 6.45) is -3.07. The first-order valence-corrected chi connectivity index (χ1v) is 12.7. The quantitative estimate of drug-likeness (QED) is 0.272. The number of nitrogens with zero attached hydrogens (tertiary/aromatic N) is 5. The second kappa shape index (κ2) is 10.8. The number of imidazole rings is 1. The van der Waals surface area contributed by atoms with Crippen LogP contribution in [0.25, 0.3) is 34.0 Å². The van der Waals surface area contributed by atoms with Gasteiger partial charge in [-0.3, -0.25) is 13.9 Å². The highest BCUT2D eigenvalue weighted by molar-refractivity contribution is 5.75. The van der Waals surface area contributed by atoms with E-state index in [1.54, 1.807) is 24.3 Å². The number of hydrogen-bond donors (Lipinski definition) is 1. The van der Waals surface area contributed by atoms with E-state index in [1.807, 2.05) is 13.8 Å². The van der Waals surface area contributed by atoms with Gasteiger partial charge in [0.2, 0.25) is 5.82 Å². The summed E-state index contributed by atoms with van der Waals surface area (Å²) in [4.78, 5) is 37.7. The van der Waals surface area contributed by atoms with Crippen molar-refractivity contribution in [3.8, 4) is 28.6 Å². The second-order valence-corrected chi connectivity index (χ2v) is 9.08. The van der Waals surface area contributed by atoms with Gasteiger partial charge in [-0.1, -0.05) is 19.0 Å². The molecular formula is C27H25F3N6O4. The Kier molecular flexibility index (Phi) is 7.28. The Hall–Kier alpha value is -4.68. The SMILES string of the molecule is CCCn1c(=O)c2[nH]c(-c3ccc(OCc4noc(-c5ccc(C(F)(F)F)cc5)n4)cc3)nc2n(CCC)c1=O. The molecule has 2 aromatic carbocycles. The minimum absolute atomic E-state index is 0.0333. The number of benzene rings is 2. The molecule has 0 spiro atoms. The predicted molar refractivity (Wildman–Crippen MR) is 140 cm³/mol. The monoisotopic (exact) mass is 554 g/mol. The van der Waals surface area contributed by atoms with Gasteiger partial charge in [-0.15, -0.1) is 0 Å². The largest absolute Gasteiger partial charge is 0.485 e. The van der Waals surface area contributed by atoms with Gasteiger partial charge in [0.15, 0.2) is 12.3 Å². The number of ether oxygens (including phenoxy) is 1. The first-order chi connectivity index (χ1) is 19.2. The van der Waals surface area contributed by atoms with Crippen LogP contribution in [0.3, 0.4) is 0 Å². The molecule has 5 rings (SSSR count). The van der Waals surface area contributed by atoms with Crippen LogP contribution in [-0.4, -0.2) is 29.2 Å². The van der Waals surface area contributed by atoms with Gasteiger partial charge >= 0.3 is 11.9 Å². The summed E-state index contributed by atoms with van der Waals surface area (Å²) in [5, 5.41) is 3.82. The molecule has 0 aliphatic carbocycles. The van der Waals surface area contributed by atoms with Crippen molar-refractivity contribution in [1.29, 1.82) is 0 Å². The van der Waals surface area contributed by atoms with Crippen LogP contribution in [-0.2, 0) is 25.9 Å². The van der Waals surface area contributed by atoms with E-state index in [0.717, 1.165) is 12.1 Å². The third-order valence-corrected chi connectivity index (χ3v) is 6.18. The highest BCUT2D eigenvalue weighted by Gasteiger charge is 2.30. The van der Waals surface area contributed by atoms with Gasteiger partial charge in [-0.25, -0.2) is 9.78 Å². The Bertz CT molecular complexity index is 1750. The van der Waals surface area contributed by atoms with Crippen molar-refractivity contribution in [3.05, 3.63) is 80.8 Å². The summed E-state index contributed by atoms with van der Waals surface area (Å²) >= 11 is 0. The topological polar surface area (TPSA) is 121 Å². The second-order valence-electron chi connectivity index (χ2n) is 9.08. The maximum atomic E-state index is 13.0. The molecule has 0 bridgehead atoms. The van der Waals surface area contributed by atoms with Crippen LogP contribution in [0.4, 0.5) is 13.2 Å². The summed E-state index contributed by atoms with van der Waals surface area (Å²) in [5.74, 6) is 1.23. The van der Waals surface area contributed by atoms with Crippen LogP contribution < -0.4 is 16.0 Å². The van der Waals surface area contributed by atoms with E-state index in [0.29, 0.717) is 54.3 Å². The number of fused-ring (bicyclic) bond motifs is 1. The Morgan fingerprint density at radius 2 is 1.55 bits per heavy atom. The lowest BCUT2D eigenvalue weighted by Crippen LogP contribution is -2.40. The molecule has 208 valence electrons. The third-order valence-electron chi connectivity index (χ3n) is 6.18. The molecule has 3 heterocycles. The van der Waals surface area contributed by atoms with Crippen molar-refractivity contribution in [3.63, 3.8) is 0 Å². The molecular weight excluding hydrogens is 529 g/mol. The van der Waals surface area contributed by atoms with E-state index in [1.165, 1.54) is 21.3 Å². The first kappa shape index (κ1) is 26.9. The van der Waals surface area contributed by atoms with Crippen LogP contribution in [0.15, 0.2) is 62.6 Å². The summed E-state index contributed by atoms with van der Waals surface area (Å²) < 4.78 is 52.0. The van der Waals surface area contributed by atoms with Gasteiger partial charge in [0.05, 0.1) is 5.56 Å². The number of hydrogen-bond acceptors (Lipinski definition) is 7. The van der Waals surface area contributed by atoms with Gasteiger partial charge < -0.3 is 14.2 Å². The lowest BCUT2D eigenvalue weighted by Gasteiger charge is -2.09. The van der Waals surface area contributed by atoms with Crippen molar-refractivity contribution in [2.24, 2.45) is 0 Å². The fraction of sp³-hybridized carbons (Fsp3) is 0.296. The van der Waals surface area contributed by atoms with Crippen LogP contribution in [0.5, 0.6) is 5.75 Å². The average Bonchev–Trinajstić information content (AvgIpc) is 3.60. The molecule has 3 aromatic heterocycles. The zero-order valence-electron chi connectivity index (χ0n) is 21.7. The molecule has 40 heavy (non-hydrogen) atoms. The highest BCUT2D eigenvalue weighted by Crippen LogP contribution is 2.30. The fourth-order valence-corrected chi connectivity index (χ4v) is 4.24.